The second kappa shape index (κ2) is 11.5. The van der Waals surface area contributed by atoms with E-state index in [1.54, 1.807) is 74.8 Å². The Bertz CT molecular complexity index is 1390. The summed E-state index contributed by atoms with van der Waals surface area (Å²) in [6.45, 7) is 0.219. The number of aromatic carboxylic acids is 1. The van der Waals surface area contributed by atoms with Crippen LogP contribution in [0.1, 0.15) is 21.5 Å². The van der Waals surface area contributed by atoms with Crippen molar-refractivity contribution in [2.75, 3.05) is 21.3 Å². The topological polar surface area (TPSA) is 97.7 Å². The van der Waals surface area contributed by atoms with E-state index in [0.29, 0.717) is 38.6 Å². The number of ether oxygens (including phenoxy) is 3. The lowest BCUT2D eigenvalue weighted by Crippen LogP contribution is -2.28. The standard InChI is InChI=1S/C27H23BrN2O6S/c1-34-21-10-8-20(9-11-21)29-27-30(15-16-4-6-17(7-5-16)26(32)33)25(31)23(37-27)13-18-12-19(28)14-22(35-2)24(18)36-3/h4-14H,15H2,1-3H3,(H,32,33)/b23-13-,29-27?. The SMILES string of the molecule is COc1ccc(N=C2S/C(=C\c3cc(Br)cc(OC)c3OC)C(=O)N2Cc2ccc(C(=O)O)cc2)cc1. The number of hydrogen-bond donors (Lipinski definition) is 1. The number of rotatable bonds is 8. The largest absolute Gasteiger partial charge is 0.497 e. The lowest BCUT2D eigenvalue weighted by atomic mass is 10.1. The van der Waals surface area contributed by atoms with Crippen LogP contribution in [0.25, 0.3) is 6.08 Å². The van der Waals surface area contributed by atoms with E-state index in [4.69, 9.17) is 19.2 Å². The van der Waals surface area contributed by atoms with E-state index >= 15 is 0 Å². The lowest BCUT2D eigenvalue weighted by molar-refractivity contribution is -0.122. The molecule has 0 bridgehead atoms. The molecule has 1 saturated heterocycles. The van der Waals surface area contributed by atoms with E-state index in [0.717, 1.165) is 10.0 Å². The Morgan fingerprint density at radius 1 is 1.03 bits per heavy atom. The molecule has 190 valence electrons. The Labute approximate surface area is 226 Å². The first kappa shape index (κ1) is 26.3. The van der Waals surface area contributed by atoms with Gasteiger partial charge in [-0.1, -0.05) is 28.1 Å². The van der Waals surface area contributed by atoms with Gasteiger partial charge in [-0.2, -0.15) is 0 Å². The van der Waals surface area contributed by atoms with Crippen LogP contribution in [0.3, 0.4) is 0 Å². The molecule has 4 rings (SSSR count). The number of hydrogen-bond acceptors (Lipinski definition) is 7. The summed E-state index contributed by atoms with van der Waals surface area (Å²) in [5.74, 6) is 0.487. The van der Waals surface area contributed by atoms with Gasteiger partial charge in [-0.25, -0.2) is 9.79 Å². The summed E-state index contributed by atoms with van der Waals surface area (Å²) < 4.78 is 17.0. The van der Waals surface area contributed by atoms with Crippen molar-refractivity contribution in [2.45, 2.75) is 6.54 Å². The molecule has 0 aromatic heterocycles. The van der Waals surface area contributed by atoms with E-state index in [1.807, 2.05) is 6.07 Å². The zero-order chi connectivity index (χ0) is 26.5. The third-order valence-electron chi connectivity index (χ3n) is 5.49. The molecular formula is C27H23BrN2O6S. The zero-order valence-corrected chi connectivity index (χ0v) is 22.6. The molecule has 1 aliphatic rings. The van der Waals surface area contributed by atoms with Gasteiger partial charge in [0.2, 0.25) is 0 Å². The second-order valence-corrected chi connectivity index (χ2v) is 9.75. The highest BCUT2D eigenvalue weighted by Crippen LogP contribution is 2.40. The Hall–Kier alpha value is -3.76. The molecule has 1 aliphatic heterocycles. The number of carbonyl (C=O) groups is 2. The van der Waals surface area contributed by atoms with Crippen LogP contribution < -0.4 is 14.2 Å². The predicted molar refractivity (Wildman–Crippen MR) is 147 cm³/mol. The van der Waals surface area contributed by atoms with E-state index < -0.39 is 5.97 Å². The molecule has 0 radical (unpaired) electrons. The Balaban J connectivity index is 1.74. The number of benzene rings is 3. The molecule has 1 N–H and O–H groups in total. The average Bonchev–Trinajstić information content (AvgIpc) is 3.17. The molecule has 10 heteroatoms. The number of carbonyl (C=O) groups excluding carboxylic acids is 1. The number of aliphatic imine (C=N–C) groups is 1. The lowest BCUT2D eigenvalue weighted by Gasteiger charge is -2.16. The minimum absolute atomic E-state index is 0.175. The highest BCUT2D eigenvalue weighted by molar-refractivity contribution is 9.10. The van der Waals surface area contributed by atoms with Crippen LogP contribution in [-0.4, -0.2) is 48.4 Å². The molecule has 3 aromatic carbocycles. The molecule has 0 saturated carbocycles. The van der Waals surface area contributed by atoms with Crippen LogP contribution in [0.4, 0.5) is 5.69 Å². The molecule has 8 nitrogen and oxygen atoms in total. The third-order valence-corrected chi connectivity index (χ3v) is 6.95. The molecule has 1 fully saturated rings. The first-order valence-electron chi connectivity index (χ1n) is 11.0. The van der Waals surface area contributed by atoms with Crippen molar-refractivity contribution in [1.82, 2.24) is 4.90 Å². The van der Waals surface area contributed by atoms with Gasteiger partial charge in [0, 0.05) is 10.0 Å². The minimum Gasteiger partial charge on any atom is -0.497 e. The Kier molecular flexibility index (Phi) is 8.20. The summed E-state index contributed by atoms with van der Waals surface area (Å²) in [6, 6.07) is 17.2. The van der Waals surface area contributed by atoms with E-state index in [9.17, 15) is 14.7 Å². The van der Waals surface area contributed by atoms with Crippen LogP contribution in [0.15, 0.2) is 75.0 Å². The van der Waals surface area contributed by atoms with E-state index in [-0.39, 0.29) is 18.0 Å². The molecule has 3 aromatic rings. The second-order valence-electron chi connectivity index (χ2n) is 7.83. The van der Waals surface area contributed by atoms with Crippen molar-refractivity contribution in [3.05, 3.63) is 86.7 Å². The summed E-state index contributed by atoms with van der Waals surface area (Å²) in [7, 11) is 4.68. The van der Waals surface area contributed by atoms with Crippen LogP contribution in [0.5, 0.6) is 17.2 Å². The summed E-state index contributed by atoms with van der Waals surface area (Å²) in [6.07, 6.45) is 1.75. The molecule has 0 spiro atoms. The van der Waals surface area contributed by atoms with Gasteiger partial charge in [-0.15, -0.1) is 0 Å². The fourth-order valence-corrected chi connectivity index (χ4v) is 5.08. The van der Waals surface area contributed by atoms with Gasteiger partial charge in [0.1, 0.15) is 5.75 Å². The predicted octanol–water partition coefficient (Wildman–Crippen LogP) is 5.98. The fraction of sp³-hybridized carbons (Fsp3) is 0.148. The summed E-state index contributed by atoms with van der Waals surface area (Å²) >= 11 is 4.72. The average molecular weight is 583 g/mol. The number of amidine groups is 1. The number of thioether (sulfide) groups is 1. The highest BCUT2D eigenvalue weighted by Gasteiger charge is 2.34. The van der Waals surface area contributed by atoms with Gasteiger partial charge in [0.05, 0.1) is 44.0 Å². The number of carboxylic acid groups (broad SMARTS) is 1. The molecule has 0 unspecified atom stereocenters. The highest BCUT2D eigenvalue weighted by atomic mass is 79.9. The first-order valence-corrected chi connectivity index (χ1v) is 12.6. The van der Waals surface area contributed by atoms with E-state index in [2.05, 4.69) is 15.9 Å². The van der Waals surface area contributed by atoms with Crippen LogP contribution in [-0.2, 0) is 11.3 Å². The maximum atomic E-state index is 13.6. The quantitative estimate of drug-likeness (QED) is 0.326. The van der Waals surface area contributed by atoms with Gasteiger partial charge in [-0.05, 0) is 71.9 Å². The van der Waals surface area contributed by atoms with Crippen molar-refractivity contribution in [3.63, 3.8) is 0 Å². The van der Waals surface area contributed by atoms with Crippen LogP contribution in [0, 0.1) is 0 Å². The van der Waals surface area contributed by atoms with Gasteiger partial charge in [-0.3, -0.25) is 9.69 Å². The van der Waals surface area contributed by atoms with Crippen molar-refractivity contribution < 1.29 is 28.9 Å². The summed E-state index contributed by atoms with van der Waals surface area (Å²) in [5.41, 5.74) is 2.27. The molecule has 0 aliphatic carbocycles. The number of amides is 1. The first-order chi connectivity index (χ1) is 17.8. The number of halogens is 1. The summed E-state index contributed by atoms with van der Waals surface area (Å²) in [5, 5.41) is 9.68. The number of methoxy groups -OCH3 is 3. The van der Waals surface area contributed by atoms with Gasteiger partial charge in [0.15, 0.2) is 16.7 Å². The molecular weight excluding hydrogens is 560 g/mol. The molecule has 1 heterocycles. The van der Waals surface area contributed by atoms with Crippen LogP contribution >= 0.6 is 27.7 Å². The number of carboxylic acids is 1. The van der Waals surface area contributed by atoms with Gasteiger partial charge >= 0.3 is 5.97 Å². The van der Waals surface area contributed by atoms with Gasteiger partial charge in [0.25, 0.3) is 5.91 Å². The maximum absolute atomic E-state index is 13.6. The van der Waals surface area contributed by atoms with Crippen LogP contribution in [0.2, 0.25) is 0 Å². The van der Waals surface area contributed by atoms with Crippen molar-refractivity contribution >= 4 is 56.5 Å². The normalized spacial score (nSPS) is 15.4. The monoisotopic (exact) mass is 582 g/mol. The fourth-order valence-electron chi connectivity index (χ4n) is 3.64. The molecule has 37 heavy (non-hydrogen) atoms. The minimum atomic E-state index is -1.01. The molecule has 1 amide bonds. The number of nitrogens with zero attached hydrogens (tertiary/aromatic N) is 2. The zero-order valence-electron chi connectivity index (χ0n) is 20.2. The van der Waals surface area contributed by atoms with Crippen molar-refractivity contribution in [1.29, 1.82) is 0 Å². The van der Waals surface area contributed by atoms with Crippen molar-refractivity contribution in [3.8, 4) is 17.2 Å². The van der Waals surface area contributed by atoms with Crippen molar-refractivity contribution in [2.24, 2.45) is 4.99 Å². The van der Waals surface area contributed by atoms with Gasteiger partial charge < -0.3 is 19.3 Å². The summed E-state index contributed by atoms with van der Waals surface area (Å²) in [4.78, 5) is 31.6. The molecule has 0 atom stereocenters. The Morgan fingerprint density at radius 3 is 2.32 bits per heavy atom. The third kappa shape index (κ3) is 5.98. The van der Waals surface area contributed by atoms with E-state index in [1.165, 1.54) is 23.9 Å². The maximum Gasteiger partial charge on any atom is 0.335 e. The Morgan fingerprint density at radius 2 is 1.73 bits per heavy atom. The smallest absolute Gasteiger partial charge is 0.335 e.